The van der Waals surface area contributed by atoms with Crippen molar-refractivity contribution in [3.8, 4) is 0 Å². The molecule has 2 heterocycles. The molecule has 18 heavy (non-hydrogen) atoms. The third-order valence-electron chi connectivity index (χ3n) is 3.70. The maximum atomic E-state index is 5.98. The minimum absolute atomic E-state index is 0.244. The Balaban J connectivity index is 2.13. The smallest absolute Gasteiger partial charge is 0.0946 e. The second-order valence-electron chi connectivity index (χ2n) is 4.93. The molecule has 1 aromatic rings. The lowest BCUT2D eigenvalue weighted by atomic mass is 10.1. The minimum atomic E-state index is 0.244. The van der Waals surface area contributed by atoms with E-state index in [0.29, 0.717) is 12.6 Å². The van der Waals surface area contributed by atoms with E-state index in [9.17, 15) is 0 Å². The van der Waals surface area contributed by atoms with Crippen LogP contribution in [0, 0.1) is 0 Å². The normalized spacial score (nSPS) is 23.8. The Morgan fingerprint density at radius 2 is 2.44 bits per heavy atom. The van der Waals surface area contributed by atoms with Crippen LogP contribution in [-0.4, -0.2) is 46.8 Å². The molecule has 1 saturated heterocycles. The van der Waals surface area contributed by atoms with Crippen molar-refractivity contribution in [2.75, 3.05) is 26.2 Å². The molecule has 1 fully saturated rings. The Hall–Kier alpha value is -0.910. The zero-order chi connectivity index (χ0) is 13.0. The van der Waals surface area contributed by atoms with Crippen LogP contribution < -0.4 is 5.73 Å². The second-order valence-corrected chi connectivity index (χ2v) is 4.93. The van der Waals surface area contributed by atoms with E-state index in [-0.39, 0.29) is 6.04 Å². The van der Waals surface area contributed by atoms with Gasteiger partial charge in [0.25, 0.3) is 0 Å². The van der Waals surface area contributed by atoms with Gasteiger partial charge in [0, 0.05) is 39.5 Å². The lowest BCUT2D eigenvalue weighted by Crippen LogP contribution is -2.39. The van der Waals surface area contributed by atoms with Gasteiger partial charge in [-0.15, -0.1) is 0 Å². The van der Waals surface area contributed by atoms with Gasteiger partial charge in [0.15, 0.2) is 0 Å². The van der Waals surface area contributed by atoms with E-state index < -0.39 is 0 Å². The van der Waals surface area contributed by atoms with Gasteiger partial charge >= 0.3 is 0 Å². The minimum Gasteiger partial charge on any atom is -0.377 e. The Labute approximate surface area is 109 Å². The lowest BCUT2D eigenvalue weighted by molar-refractivity contribution is 0.0453. The number of hydrogen-bond donors (Lipinski definition) is 1. The first-order valence-corrected chi connectivity index (χ1v) is 6.78. The molecule has 0 spiro atoms. The number of rotatable bonds is 4. The number of aryl methyl sites for hydroxylation is 1. The molecular weight excluding hydrogens is 228 g/mol. The molecule has 5 nitrogen and oxygen atoms in total. The summed E-state index contributed by atoms with van der Waals surface area (Å²) in [6, 6.07) is 0.244. The average Bonchev–Trinajstić information content (AvgIpc) is 2.67. The molecule has 0 aromatic carbocycles. The Morgan fingerprint density at radius 3 is 3.06 bits per heavy atom. The molecule has 2 atom stereocenters. The van der Waals surface area contributed by atoms with Gasteiger partial charge in [0.1, 0.15) is 0 Å². The Morgan fingerprint density at radius 1 is 1.61 bits per heavy atom. The quantitative estimate of drug-likeness (QED) is 0.866. The molecule has 0 radical (unpaired) electrons. The predicted molar refractivity (Wildman–Crippen MR) is 71.2 cm³/mol. The van der Waals surface area contributed by atoms with Gasteiger partial charge < -0.3 is 15.0 Å². The fourth-order valence-electron chi connectivity index (χ4n) is 2.60. The summed E-state index contributed by atoms with van der Waals surface area (Å²) in [6.07, 6.45) is 6.22. The largest absolute Gasteiger partial charge is 0.377 e. The van der Waals surface area contributed by atoms with Crippen LogP contribution in [0.3, 0.4) is 0 Å². The average molecular weight is 252 g/mol. The molecule has 102 valence electrons. The summed E-state index contributed by atoms with van der Waals surface area (Å²) < 4.78 is 7.88. The molecule has 0 saturated carbocycles. The van der Waals surface area contributed by atoms with Gasteiger partial charge in [-0.1, -0.05) is 6.92 Å². The van der Waals surface area contributed by atoms with Crippen LogP contribution in [0.5, 0.6) is 0 Å². The first-order valence-electron chi connectivity index (χ1n) is 6.78. The summed E-state index contributed by atoms with van der Waals surface area (Å²) in [5.41, 5.74) is 7.17. The molecule has 2 unspecified atom stereocenters. The van der Waals surface area contributed by atoms with Crippen molar-refractivity contribution >= 4 is 0 Å². The summed E-state index contributed by atoms with van der Waals surface area (Å²) in [5.74, 6) is 0. The van der Waals surface area contributed by atoms with Crippen LogP contribution in [0.2, 0.25) is 0 Å². The summed E-state index contributed by atoms with van der Waals surface area (Å²) >= 11 is 0. The van der Waals surface area contributed by atoms with Gasteiger partial charge in [-0.25, -0.2) is 4.98 Å². The van der Waals surface area contributed by atoms with Crippen LogP contribution in [0.1, 0.15) is 31.5 Å². The van der Waals surface area contributed by atoms with E-state index in [4.69, 9.17) is 10.5 Å². The molecule has 0 amide bonds. The standard InChI is InChI=1S/C13H24N4O/c1-3-11-9-17(5-4-6-18-11)12(7-14)13-8-15-10-16(13)2/h8,10-12H,3-7,9,14H2,1-2H3. The van der Waals surface area contributed by atoms with Crippen molar-refractivity contribution in [2.45, 2.75) is 31.9 Å². The van der Waals surface area contributed by atoms with Crippen LogP contribution in [0.15, 0.2) is 12.5 Å². The molecule has 0 bridgehead atoms. The van der Waals surface area contributed by atoms with Gasteiger partial charge in [-0.3, -0.25) is 4.90 Å². The van der Waals surface area contributed by atoms with Crippen LogP contribution in [-0.2, 0) is 11.8 Å². The number of hydrogen-bond acceptors (Lipinski definition) is 4. The summed E-state index contributed by atoms with van der Waals surface area (Å²) in [7, 11) is 2.02. The molecule has 5 heteroatoms. The first-order chi connectivity index (χ1) is 8.76. The van der Waals surface area contributed by atoms with E-state index >= 15 is 0 Å². The molecular formula is C13H24N4O. The topological polar surface area (TPSA) is 56.3 Å². The number of ether oxygens (including phenoxy) is 1. The van der Waals surface area contributed by atoms with Crippen LogP contribution >= 0.6 is 0 Å². The molecule has 1 aliphatic heterocycles. The van der Waals surface area contributed by atoms with Crippen molar-refractivity contribution in [1.29, 1.82) is 0 Å². The number of aromatic nitrogens is 2. The molecule has 0 aliphatic carbocycles. The van der Waals surface area contributed by atoms with Crippen molar-refractivity contribution < 1.29 is 4.74 Å². The van der Waals surface area contributed by atoms with E-state index in [1.807, 2.05) is 19.6 Å². The zero-order valence-corrected chi connectivity index (χ0v) is 11.4. The highest BCUT2D eigenvalue weighted by molar-refractivity contribution is 5.06. The van der Waals surface area contributed by atoms with Crippen molar-refractivity contribution in [1.82, 2.24) is 14.5 Å². The third-order valence-corrected chi connectivity index (χ3v) is 3.70. The lowest BCUT2D eigenvalue weighted by Gasteiger charge is -2.31. The zero-order valence-electron chi connectivity index (χ0n) is 11.4. The Bertz CT molecular complexity index is 366. The Kier molecular flexibility index (Phi) is 4.74. The van der Waals surface area contributed by atoms with Gasteiger partial charge in [-0.05, 0) is 12.8 Å². The maximum Gasteiger partial charge on any atom is 0.0946 e. The molecule has 1 aliphatic rings. The van der Waals surface area contributed by atoms with E-state index in [0.717, 1.165) is 32.5 Å². The van der Waals surface area contributed by atoms with E-state index in [2.05, 4.69) is 21.4 Å². The second kappa shape index (κ2) is 6.31. The SMILES string of the molecule is CCC1CN(C(CN)c2cncn2C)CCCO1. The summed E-state index contributed by atoms with van der Waals surface area (Å²) in [6.45, 7) is 5.66. The van der Waals surface area contributed by atoms with Crippen molar-refractivity contribution in [3.63, 3.8) is 0 Å². The van der Waals surface area contributed by atoms with Crippen LogP contribution in [0.4, 0.5) is 0 Å². The van der Waals surface area contributed by atoms with E-state index in [1.165, 1.54) is 5.69 Å². The van der Waals surface area contributed by atoms with Crippen molar-refractivity contribution in [3.05, 3.63) is 18.2 Å². The monoisotopic (exact) mass is 252 g/mol. The third kappa shape index (κ3) is 2.91. The van der Waals surface area contributed by atoms with Crippen molar-refractivity contribution in [2.24, 2.45) is 12.8 Å². The highest BCUT2D eigenvalue weighted by Gasteiger charge is 2.25. The first kappa shape index (κ1) is 13.5. The van der Waals surface area contributed by atoms with Gasteiger partial charge in [-0.2, -0.15) is 0 Å². The maximum absolute atomic E-state index is 5.98. The molecule has 2 rings (SSSR count). The summed E-state index contributed by atoms with van der Waals surface area (Å²) in [4.78, 5) is 6.64. The van der Waals surface area contributed by atoms with Gasteiger partial charge in [0.2, 0.25) is 0 Å². The van der Waals surface area contributed by atoms with Gasteiger partial charge in [0.05, 0.1) is 24.2 Å². The number of imidazole rings is 1. The number of nitrogens with zero attached hydrogens (tertiary/aromatic N) is 3. The highest BCUT2D eigenvalue weighted by atomic mass is 16.5. The van der Waals surface area contributed by atoms with Crippen LogP contribution in [0.25, 0.3) is 0 Å². The highest BCUT2D eigenvalue weighted by Crippen LogP contribution is 2.22. The number of nitrogens with two attached hydrogens (primary N) is 1. The molecule has 1 aromatic heterocycles. The fraction of sp³-hybridized carbons (Fsp3) is 0.769. The predicted octanol–water partition coefficient (Wildman–Crippen LogP) is 0.921. The van der Waals surface area contributed by atoms with E-state index in [1.54, 1.807) is 0 Å². The summed E-state index contributed by atoms with van der Waals surface area (Å²) in [5, 5.41) is 0. The molecule has 2 N–H and O–H groups in total. The fourth-order valence-corrected chi connectivity index (χ4v) is 2.60.